The molecule has 2 N–H and O–H groups in total. The maximum Gasteiger partial charge on any atom is 0.228 e. The van der Waals surface area contributed by atoms with Crippen molar-refractivity contribution in [2.45, 2.75) is 12.5 Å². The summed E-state index contributed by atoms with van der Waals surface area (Å²) in [6.45, 7) is 0.575. The number of nitrogens with zero attached hydrogens (tertiary/aromatic N) is 3. The van der Waals surface area contributed by atoms with E-state index in [4.69, 9.17) is 5.73 Å². The molecule has 2 rings (SSSR count). The summed E-state index contributed by atoms with van der Waals surface area (Å²) in [4.78, 5) is 19.6. The highest BCUT2D eigenvalue weighted by molar-refractivity contribution is 5.98. The minimum Gasteiger partial charge on any atom is -0.361 e. The Balaban J connectivity index is 2.36. The first-order valence-electron chi connectivity index (χ1n) is 5.28. The van der Waals surface area contributed by atoms with Crippen LogP contribution in [0.2, 0.25) is 0 Å². The van der Waals surface area contributed by atoms with Gasteiger partial charge in [-0.2, -0.15) is 0 Å². The van der Waals surface area contributed by atoms with Crippen LogP contribution in [-0.2, 0) is 4.79 Å². The van der Waals surface area contributed by atoms with Gasteiger partial charge in [0.25, 0.3) is 0 Å². The molecule has 0 aliphatic carbocycles. The van der Waals surface area contributed by atoms with Gasteiger partial charge in [-0.15, -0.1) is 0 Å². The lowest BCUT2D eigenvalue weighted by Gasteiger charge is -2.22. The van der Waals surface area contributed by atoms with Crippen LogP contribution in [0.25, 0.3) is 0 Å². The van der Waals surface area contributed by atoms with Crippen LogP contribution in [0.5, 0.6) is 0 Å². The summed E-state index contributed by atoms with van der Waals surface area (Å²) < 4.78 is 0. The predicted octanol–water partition coefficient (Wildman–Crippen LogP) is 0.212. The molecule has 1 unspecified atom stereocenters. The Bertz CT molecular complexity index is 405. The van der Waals surface area contributed by atoms with Gasteiger partial charge in [-0.3, -0.25) is 4.79 Å². The van der Waals surface area contributed by atoms with Crippen molar-refractivity contribution in [2.75, 3.05) is 30.4 Å². The fourth-order valence-corrected chi connectivity index (χ4v) is 1.91. The minimum absolute atomic E-state index is 0.0669. The molecule has 1 amide bonds. The van der Waals surface area contributed by atoms with Gasteiger partial charge in [0, 0.05) is 39.3 Å². The maximum atomic E-state index is 11.8. The molecule has 0 saturated carbocycles. The topological polar surface area (TPSA) is 62.5 Å². The fourth-order valence-electron chi connectivity index (χ4n) is 1.91. The molecule has 0 spiro atoms. The predicted molar refractivity (Wildman–Crippen MR) is 63.5 cm³/mol. The molecule has 0 radical (unpaired) electrons. The van der Waals surface area contributed by atoms with Gasteiger partial charge in [-0.05, 0) is 12.1 Å². The Morgan fingerprint density at radius 2 is 2.31 bits per heavy atom. The van der Waals surface area contributed by atoms with Crippen molar-refractivity contribution in [3.63, 3.8) is 0 Å². The number of hydrogen-bond donors (Lipinski definition) is 1. The number of carbonyl (C=O) groups excluding carboxylic acids is 1. The number of hydrogen-bond acceptors (Lipinski definition) is 4. The second-order valence-electron chi connectivity index (χ2n) is 4.21. The van der Waals surface area contributed by atoms with E-state index in [1.807, 2.05) is 31.1 Å². The van der Waals surface area contributed by atoms with Crippen LogP contribution >= 0.6 is 0 Å². The first kappa shape index (κ1) is 10.9. The average Bonchev–Trinajstić information content (AvgIpc) is 2.57. The van der Waals surface area contributed by atoms with Crippen molar-refractivity contribution in [3.05, 3.63) is 18.3 Å². The number of nitrogens with two attached hydrogens (primary N) is 1. The molecule has 1 saturated heterocycles. The van der Waals surface area contributed by atoms with Crippen LogP contribution in [0, 0.1) is 0 Å². The van der Waals surface area contributed by atoms with Crippen LogP contribution in [0.3, 0.4) is 0 Å². The number of anilines is 2. The third-order valence-corrected chi connectivity index (χ3v) is 2.64. The molecule has 1 aliphatic rings. The lowest BCUT2D eigenvalue weighted by atomic mass is 10.3. The molecule has 1 aromatic rings. The molecule has 0 bridgehead atoms. The summed E-state index contributed by atoms with van der Waals surface area (Å²) in [5, 5.41) is 0. The molecule has 16 heavy (non-hydrogen) atoms. The van der Waals surface area contributed by atoms with E-state index in [-0.39, 0.29) is 11.9 Å². The first-order valence-corrected chi connectivity index (χ1v) is 5.28. The number of pyridine rings is 1. The lowest BCUT2D eigenvalue weighted by molar-refractivity contribution is -0.117. The molecule has 1 fully saturated rings. The molecule has 1 aliphatic heterocycles. The Kier molecular flexibility index (Phi) is 2.78. The first-order chi connectivity index (χ1) is 7.59. The van der Waals surface area contributed by atoms with Gasteiger partial charge in [0.2, 0.25) is 5.91 Å². The summed E-state index contributed by atoms with van der Waals surface area (Å²) in [7, 11) is 3.82. The van der Waals surface area contributed by atoms with Gasteiger partial charge in [-0.1, -0.05) is 0 Å². The number of amides is 1. The Hall–Kier alpha value is -1.62. The molecule has 86 valence electrons. The Morgan fingerprint density at radius 3 is 2.88 bits per heavy atom. The molecule has 2 heterocycles. The summed E-state index contributed by atoms with van der Waals surface area (Å²) in [6.07, 6.45) is 2.14. The van der Waals surface area contributed by atoms with Crippen LogP contribution < -0.4 is 15.5 Å². The largest absolute Gasteiger partial charge is 0.361 e. The third kappa shape index (κ3) is 1.86. The highest BCUT2D eigenvalue weighted by Crippen LogP contribution is 2.28. The van der Waals surface area contributed by atoms with Gasteiger partial charge in [0.1, 0.15) is 0 Å². The standard InChI is InChI=1S/C11H16N4O/c1-14(2)11-9(4-3-5-13-11)15-7-8(12)6-10(15)16/h3-5,8H,6-7,12H2,1-2H3. The van der Waals surface area contributed by atoms with Gasteiger partial charge in [0.15, 0.2) is 5.82 Å². The minimum atomic E-state index is -0.0669. The van der Waals surface area contributed by atoms with Crippen molar-refractivity contribution in [1.82, 2.24) is 4.98 Å². The van der Waals surface area contributed by atoms with E-state index < -0.39 is 0 Å². The van der Waals surface area contributed by atoms with E-state index in [1.54, 1.807) is 11.1 Å². The highest BCUT2D eigenvalue weighted by Gasteiger charge is 2.30. The smallest absolute Gasteiger partial charge is 0.228 e. The summed E-state index contributed by atoms with van der Waals surface area (Å²) in [5.41, 5.74) is 6.62. The van der Waals surface area contributed by atoms with Gasteiger partial charge < -0.3 is 15.5 Å². The van der Waals surface area contributed by atoms with E-state index in [0.29, 0.717) is 13.0 Å². The van der Waals surface area contributed by atoms with Gasteiger partial charge in [0.05, 0.1) is 5.69 Å². The second kappa shape index (κ2) is 4.09. The van der Waals surface area contributed by atoms with E-state index in [0.717, 1.165) is 11.5 Å². The zero-order valence-corrected chi connectivity index (χ0v) is 9.55. The van der Waals surface area contributed by atoms with Crippen molar-refractivity contribution >= 4 is 17.4 Å². The number of rotatable bonds is 2. The number of aromatic nitrogens is 1. The second-order valence-corrected chi connectivity index (χ2v) is 4.21. The maximum absolute atomic E-state index is 11.8. The SMILES string of the molecule is CN(C)c1ncccc1N1CC(N)CC1=O. The molecule has 5 nitrogen and oxygen atoms in total. The van der Waals surface area contributed by atoms with Crippen molar-refractivity contribution < 1.29 is 4.79 Å². The molecular formula is C11H16N4O. The van der Waals surface area contributed by atoms with Crippen LogP contribution in [0.1, 0.15) is 6.42 Å². The van der Waals surface area contributed by atoms with Crippen molar-refractivity contribution in [2.24, 2.45) is 5.73 Å². The highest BCUT2D eigenvalue weighted by atomic mass is 16.2. The Labute approximate surface area is 94.9 Å². The molecule has 0 aromatic carbocycles. The van der Waals surface area contributed by atoms with Gasteiger partial charge >= 0.3 is 0 Å². The van der Waals surface area contributed by atoms with Crippen molar-refractivity contribution in [1.29, 1.82) is 0 Å². The lowest BCUT2D eigenvalue weighted by Crippen LogP contribution is -2.29. The van der Waals surface area contributed by atoms with E-state index in [1.165, 1.54) is 0 Å². The normalized spacial score (nSPS) is 20.3. The summed E-state index contributed by atoms with van der Waals surface area (Å²) in [6, 6.07) is 3.67. The molecule has 1 atom stereocenters. The van der Waals surface area contributed by atoms with Crippen LogP contribution in [-0.4, -0.2) is 37.6 Å². The zero-order valence-electron chi connectivity index (χ0n) is 9.55. The molecular weight excluding hydrogens is 204 g/mol. The van der Waals surface area contributed by atoms with Crippen LogP contribution in [0.4, 0.5) is 11.5 Å². The van der Waals surface area contributed by atoms with Crippen molar-refractivity contribution in [3.8, 4) is 0 Å². The Morgan fingerprint density at radius 1 is 1.56 bits per heavy atom. The van der Waals surface area contributed by atoms with Gasteiger partial charge in [-0.25, -0.2) is 4.98 Å². The van der Waals surface area contributed by atoms with Crippen LogP contribution in [0.15, 0.2) is 18.3 Å². The van der Waals surface area contributed by atoms with E-state index >= 15 is 0 Å². The fraction of sp³-hybridized carbons (Fsp3) is 0.455. The summed E-state index contributed by atoms with van der Waals surface area (Å²) >= 11 is 0. The molecule has 1 aromatic heterocycles. The van der Waals surface area contributed by atoms with E-state index in [2.05, 4.69) is 4.98 Å². The monoisotopic (exact) mass is 220 g/mol. The van der Waals surface area contributed by atoms with E-state index in [9.17, 15) is 4.79 Å². The number of carbonyl (C=O) groups is 1. The third-order valence-electron chi connectivity index (χ3n) is 2.64. The average molecular weight is 220 g/mol. The quantitative estimate of drug-likeness (QED) is 0.774. The summed E-state index contributed by atoms with van der Waals surface area (Å²) in [5.74, 6) is 0.869. The molecule has 5 heteroatoms. The zero-order chi connectivity index (χ0) is 11.7.